The Hall–Kier alpha value is -1.45. The molecular weight excluding hydrogens is 297 g/mol. The summed E-state index contributed by atoms with van der Waals surface area (Å²) in [4.78, 5) is 0. The summed E-state index contributed by atoms with van der Waals surface area (Å²) in [5, 5.41) is 3.38. The van der Waals surface area contributed by atoms with Crippen LogP contribution in [0.1, 0.15) is 24.1 Å². The Morgan fingerprint density at radius 3 is 1.64 bits per heavy atom. The van der Waals surface area contributed by atoms with Crippen LogP contribution in [-0.4, -0.2) is 20.0 Å². The first kappa shape index (κ1) is 16.9. The van der Waals surface area contributed by atoms with Gasteiger partial charge in [-0.3, -0.25) is 9.88 Å². The van der Waals surface area contributed by atoms with Gasteiger partial charge in [-0.1, -0.05) is 60.7 Å². The van der Waals surface area contributed by atoms with Crippen molar-refractivity contribution in [3.63, 3.8) is 0 Å². The molecule has 2 aromatic rings. The van der Waals surface area contributed by atoms with E-state index in [0.717, 1.165) is 11.1 Å². The van der Waals surface area contributed by atoms with Crippen LogP contribution in [0.15, 0.2) is 60.7 Å². The van der Waals surface area contributed by atoms with E-state index >= 15 is 0 Å². The first-order chi connectivity index (χ1) is 10.6. The molecule has 0 aliphatic heterocycles. The first-order valence-corrected chi connectivity index (χ1v) is 8.79. The van der Waals surface area contributed by atoms with Gasteiger partial charge in [0.2, 0.25) is 0 Å². The van der Waals surface area contributed by atoms with E-state index in [1.54, 1.807) is 0 Å². The Morgan fingerprint density at radius 1 is 0.864 bits per heavy atom. The van der Waals surface area contributed by atoms with Gasteiger partial charge in [-0.15, -0.1) is 0 Å². The third-order valence-corrected chi connectivity index (χ3v) is 5.77. The summed E-state index contributed by atoms with van der Waals surface area (Å²) in [6.45, 7) is 1.81. The molecule has 0 aliphatic rings. The van der Waals surface area contributed by atoms with Crippen molar-refractivity contribution in [1.82, 2.24) is 5.32 Å². The van der Waals surface area contributed by atoms with Crippen LogP contribution in [0.25, 0.3) is 0 Å². The largest absolute Gasteiger partial charge is 0.346 e. The van der Waals surface area contributed by atoms with Gasteiger partial charge >= 0.3 is 7.60 Å². The minimum atomic E-state index is -3.18. The van der Waals surface area contributed by atoms with Crippen LogP contribution in [0, 0.1) is 0 Å². The van der Waals surface area contributed by atoms with Gasteiger partial charge in [0, 0.05) is 14.2 Å². The number of benzene rings is 2. The van der Waals surface area contributed by atoms with Crippen LogP contribution in [0.3, 0.4) is 0 Å². The van der Waals surface area contributed by atoms with E-state index in [9.17, 15) is 4.57 Å². The first-order valence-electron chi connectivity index (χ1n) is 7.18. The predicted molar refractivity (Wildman–Crippen MR) is 88.9 cm³/mol. The highest BCUT2D eigenvalue weighted by Gasteiger charge is 2.32. The molecule has 0 amide bonds. The zero-order valence-electron chi connectivity index (χ0n) is 13.1. The number of rotatable bonds is 7. The maximum atomic E-state index is 12.5. The molecule has 2 aromatic carbocycles. The van der Waals surface area contributed by atoms with Crippen molar-refractivity contribution in [3.05, 3.63) is 71.8 Å². The van der Waals surface area contributed by atoms with Crippen molar-refractivity contribution < 1.29 is 13.6 Å². The van der Waals surface area contributed by atoms with Crippen molar-refractivity contribution in [3.8, 4) is 0 Å². The average Bonchev–Trinajstić information content (AvgIpc) is 2.60. The second-order valence-corrected chi connectivity index (χ2v) is 7.59. The van der Waals surface area contributed by atoms with Crippen molar-refractivity contribution >= 4 is 7.60 Å². The second-order valence-electron chi connectivity index (χ2n) is 5.00. The normalized spacial score (nSPS) is 13.3. The molecule has 1 atom stereocenters. The lowest BCUT2D eigenvalue weighted by molar-refractivity contribution is 0.259. The summed E-state index contributed by atoms with van der Waals surface area (Å²) in [5.41, 5.74) is 2.19. The Balaban J connectivity index is 2.32. The monoisotopic (exact) mass is 319 g/mol. The molecule has 118 valence electrons. The molecule has 0 unspecified atom stereocenters. The van der Waals surface area contributed by atoms with Crippen LogP contribution in [0.4, 0.5) is 0 Å². The molecule has 5 heteroatoms. The van der Waals surface area contributed by atoms with Crippen LogP contribution in [0.2, 0.25) is 0 Å². The summed E-state index contributed by atoms with van der Waals surface area (Å²) in [6, 6.07) is 20.0. The smallest absolute Gasteiger partial charge is 0.311 e. The molecule has 0 aromatic heterocycles. The third-order valence-electron chi connectivity index (χ3n) is 3.66. The summed E-state index contributed by atoms with van der Waals surface area (Å²) in [5.74, 6) is -0.437. The molecule has 0 fully saturated rings. The molecule has 0 aliphatic carbocycles. The minimum absolute atomic E-state index is 0.0870. The lowest BCUT2D eigenvalue weighted by atomic mass is 9.99. The SMILES string of the molecule is COP(=O)(OC)[C@H](C)NC(c1ccccc1)c1ccccc1. The Bertz CT molecular complexity index is 571. The van der Waals surface area contributed by atoms with Gasteiger partial charge in [-0.2, -0.15) is 0 Å². The van der Waals surface area contributed by atoms with Gasteiger partial charge in [-0.25, -0.2) is 0 Å². The van der Waals surface area contributed by atoms with E-state index in [1.165, 1.54) is 14.2 Å². The van der Waals surface area contributed by atoms with Gasteiger partial charge in [0.1, 0.15) is 5.78 Å². The minimum Gasteiger partial charge on any atom is -0.311 e. The van der Waals surface area contributed by atoms with Crippen molar-refractivity contribution in [1.29, 1.82) is 0 Å². The fraction of sp³-hybridized carbons (Fsp3) is 0.294. The van der Waals surface area contributed by atoms with Crippen LogP contribution in [-0.2, 0) is 13.6 Å². The molecule has 2 rings (SSSR count). The van der Waals surface area contributed by atoms with E-state index in [2.05, 4.69) is 5.32 Å². The lowest BCUT2D eigenvalue weighted by Gasteiger charge is -2.28. The zero-order valence-corrected chi connectivity index (χ0v) is 14.0. The summed E-state index contributed by atoms with van der Waals surface area (Å²) < 4.78 is 22.7. The van der Waals surface area contributed by atoms with Gasteiger partial charge in [0.15, 0.2) is 0 Å². The molecular formula is C17H22NO3P. The Morgan fingerprint density at radius 2 is 1.27 bits per heavy atom. The Kier molecular flexibility index (Phi) is 5.92. The quantitative estimate of drug-likeness (QED) is 0.777. The molecule has 0 spiro atoms. The topological polar surface area (TPSA) is 47.6 Å². The molecule has 0 bridgehead atoms. The number of nitrogens with one attached hydrogen (secondary N) is 1. The van der Waals surface area contributed by atoms with E-state index in [4.69, 9.17) is 9.05 Å². The number of hydrogen-bond donors (Lipinski definition) is 1. The molecule has 22 heavy (non-hydrogen) atoms. The maximum absolute atomic E-state index is 12.5. The Labute approximate surface area is 132 Å². The average molecular weight is 319 g/mol. The standard InChI is InChI=1S/C17H22NO3P/c1-14(22(19,20-2)21-3)18-17(15-10-6-4-7-11-15)16-12-8-5-9-13-16/h4-14,17-18H,1-3H3/t14-/m1/s1. The highest BCUT2D eigenvalue weighted by Crippen LogP contribution is 2.51. The van der Waals surface area contributed by atoms with E-state index < -0.39 is 13.4 Å². The highest BCUT2D eigenvalue weighted by molar-refractivity contribution is 7.54. The molecule has 0 saturated carbocycles. The third kappa shape index (κ3) is 3.84. The number of hydrogen-bond acceptors (Lipinski definition) is 4. The van der Waals surface area contributed by atoms with Gasteiger partial charge in [0.25, 0.3) is 0 Å². The summed E-state index contributed by atoms with van der Waals surface area (Å²) >= 11 is 0. The van der Waals surface area contributed by atoms with E-state index in [1.807, 2.05) is 67.6 Å². The fourth-order valence-electron chi connectivity index (χ4n) is 2.40. The van der Waals surface area contributed by atoms with Crippen LogP contribution in [0.5, 0.6) is 0 Å². The summed E-state index contributed by atoms with van der Waals surface area (Å²) in [6.07, 6.45) is 0. The zero-order chi connectivity index (χ0) is 16.0. The lowest BCUT2D eigenvalue weighted by Crippen LogP contribution is -2.32. The molecule has 1 N–H and O–H groups in total. The maximum Gasteiger partial charge on any atom is 0.346 e. The second kappa shape index (κ2) is 7.70. The van der Waals surface area contributed by atoms with Crippen molar-refractivity contribution in [2.45, 2.75) is 18.7 Å². The van der Waals surface area contributed by atoms with Crippen molar-refractivity contribution in [2.24, 2.45) is 0 Å². The molecule has 0 radical (unpaired) electrons. The highest BCUT2D eigenvalue weighted by atomic mass is 31.2. The predicted octanol–water partition coefficient (Wildman–Crippen LogP) is 4.20. The van der Waals surface area contributed by atoms with Gasteiger partial charge < -0.3 is 9.05 Å². The summed E-state index contributed by atoms with van der Waals surface area (Å²) in [7, 11) is -0.368. The van der Waals surface area contributed by atoms with Crippen LogP contribution >= 0.6 is 7.60 Å². The van der Waals surface area contributed by atoms with Gasteiger partial charge in [-0.05, 0) is 18.1 Å². The molecule has 0 heterocycles. The van der Waals surface area contributed by atoms with Crippen molar-refractivity contribution in [2.75, 3.05) is 14.2 Å². The fourth-order valence-corrected chi connectivity index (χ4v) is 3.51. The van der Waals surface area contributed by atoms with E-state index in [0.29, 0.717) is 0 Å². The van der Waals surface area contributed by atoms with Gasteiger partial charge in [0.05, 0.1) is 6.04 Å². The van der Waals surface area contributed by atoms with E-state index in [-0.39, 0.29) is 6.04 Å². The molecule has 4 nitrogen and oxygen atoms in total. The molecule has 0 saturated heterocycles. The van der Waals surface area contributed by atoms with Crippen LogP contribution < -0.4 is 5.32 Å².